The lowest BCUT2D eigenvalue weighted by atomic mass is 9.99. The fourth-order valence-electron chi connectivity index (χ4n) is 1.17. The molecule has 1 N–H and O–H groups in total. The number of amides is 1. The summed E-state index contributed by atoms with van der Waals surface area (Å²) in [6.07, 6.45) is 1.12. The van der Waals surface area contributed by atoms with E-state index in [9.17, 15) is 4.79 Å². The third kappa shape index (κ3) is 6.58. The van der Waals surface area contributed by atoms with E-state index in [1.54, 1.807) is 6.92 Å². The second-order valence-electron chi connectivity index (χ2n) is 4.06. The number of carbonyl (C=O) groups is 1. The summed E-state index contributed by atoms with van der Waals surface area (Å²) in [6.45, 7) is 6.87. The van der Waals surface area contributed by atoms with E-state index in [1.807, 2.05) is 0 Å². The van der Waals surface area contributed by atoms with E-state index in [2.05, 4.69) is 38.2 Å². The van der Waals surface area contributed by atoms with Gasteiger partial charge < -0.3 is 10.2 Å². The molecule has 3 nitrogen and oxygen atoms in total. The van der Waals surface area contributed by atoms with Crippen molar-refractivity contribution in [2.45, 2.75) is 33.2 Å². The number of carbonyl (C=O) groups excluding carboxylic acids is 1. The molecular weight excluding hydrogens is 164 g/mol. The van der Waals surface area contributed by atoms with Crippen molar-refractivity contribution in [1.29, 1.82) is 0 Å². The molecule has 0 aliphatic heterocycles. The molecule has 0 fully saturated rings. The Kier molecular flexibility index (Phi) is 5.71. The van der Waals surface area contributed by atoms with Crippen molar-refractivity contribution in [3.63, 3.8) is 0 Å². The molecule has 0 saturated carbocycles. The average molecular weight is 186 g/mol. The van der Waals surface area contributed by atoms with Gasteiger partial charge in [0.15, 0.2) is 0 Å². The predicted octanol–water partition coefficient (Wildman–Crippen LogP) is 1.10. The zero-order valence-electron chi connectivity index (χ0n) is 9.42. The van der Waals surface area contributed by atoms with Crippen LogP contribution in [0.15, 0.2) is 0 Å². The quantitative estimate of drug-likeness (QED) is 0.697. The monoisotopic (exact) mass is 186 g/mol. The molecule has 0 bridgehead atoms. The maximum Gasteiger partial charge on any atom is 0.217 e. The largest absolute Gasteiger partial charge is 0.354 e. The van der Waals surface area contributed by atoms with Crippen LogP contribution in [-0.4, -0.2) is 37.5 Å². The minimum Gasteiger partial charge on any atom is -0.354 e. The first kappa shape index (κ1) is 12.4. The summed E-state index contributed by atoms with van der Waals surface area (Å²) in [5, 5.41) is 2.91. The van der Waals surface area contributed by atoms with E-state index in [0.29, 0.717) is 5.92 Å². The Bertz CT molecular complexity index is 157. The van der Waals surface area contributed by atoms with Crippen molar-refractivity contribution in [3.8, 4) is 0 Å². The summed E-state index contributed by atoms with van der Waals surface area (Å²) in [5.41, 5.74) is 0. The highest BCUT2D eigenvalue weighted by Crippen LogP contribution is 2.07. The van der Waals surface area contributed by atoms with Crippen LogP contribution in [0.25, 0.3) is 0 Å². The third-order valence-electron chi connectivity index (χ3n) is 2.32. The van der Waals surface area contributed by atoms with Gasteiger partial charge in [-0.2, -0.15) is 0 Å². The second-order valence-corrected chi connectivity index (χ2v) is 4.06. The van der Waals surface area contributed by atoms with Gasteiger partial charge >= 0.3 is 0 Å². The van der Waals surface area contributed by atoms with Crippen LogP contribution in [0.4, 0.5) is 0 Å². The van der Waals surface area contributed by atoms with Gasteiger partial charge in [0.1, 0.15) is 0 Å². The van der Waals surface area contributed by atoms with Gasteiger partial charge in [0.05, 0.1) is 0 Å². The third-order valence-corrected chi connectivity index (χ3v) is 2.32. The van der Waals surface area contributed by atoms with Gasteiger partial charge in [-0.15, -0.1) is 0 Å². The van der Waals surface area contributed by atoms with E-state index in [1.165, 1.54) is 0 Å². The standard InChI is InChI=1S/C10H22N2O/c1-8(6-7-12(4)5)9(2)11-10(3)13/h8-9H,6-7H2,1-5H3,(H,11,13). The maximum absolute atomic E-state index is 10.8. The smallest absolute Gasteiger partial charge is 0.217 e. The highest BCUT2D eigenvalue weighted by molar-refractivity contribution is 5.73. The molecule has 78 valence electrons. The van der Waals surface area contributed by atoms with Gasteiger partial charge in [0.25, 0.3) is 0 Å². The molecule has 3 heteroatoms. The van der Waals surface area contributed by atoms with Crippen LogP contribution in [0, 0.1) is 5.92 Å². The number of hydrogen-bond donors (Lipinski definition) is 1. The molecule has 1 amide bonds. The summed E-state index contributed by atoms with van der Waals surface area (Å²) in [5.74, 6) is 0.593. The normalized spacial score (nSPS) is 15.5. The first-order chi connectivity index (χ1) is 5.93. The average Bonchev–Trinajstić information content (AvgIpc) is 1.98. The van der Waals surface area contributed by atoms with E-state index in [0.717, 1.165) is 13.0 Å². The van der Waals surface area contributed by atoms with Gasteiger partial charge in [0.2, 0.25) is 5.91 Å². The van der Waals surface area contributed by atoms with Crippen LogP contribution in [0.3, 0.4) is 0 Å². The summed E-state index contributed by atoms with van der Waals surface area (Å²) < 4.78 is 0. The van der Waals surface area contributed by atoms with Crippen LogP contribution in [0.1, 0.15) is 27.2 Å². The maximum atomic E-state index is 10.8. The Morgan fingerprint density at radius 2 is 1.92 bits per heavy atom. The highest BCUT2D eigenvalue weighted by atomic mass is 16.1. The highest BCUT2D eigenvalue weighted by Gasteiger charge is 2.12. The lowest BCUT2D eigenvalue weighted by Gasteiger charge is -2.22. The molecule has 0 aliphatic rings. The van der Waals surface area contributed by atoms with Crippen molar-refractivity contribution >= 4 is 5.91 Å². The predicted molar refractivity (Wildman–Crippen MR) is 55.6 cm³/mol. The van der Waals surface area contributed by atoms with Crippen LogP contribution < -0.4 is 5.32 Å². The lowest BCUT2D eigenvalue weighted by molar-refractivity contribution is -0.119. The van der Waals surface area contributed by atoms with E-state index < -0.39 is 0 Å². The lowest BCUT2D eigenvalue weighted by Crippen LogP contribution is -2.36. The Morgan fingerprint density at radius 1 is 1.38 bits per heavy atom. The van der Waals surface area contributed by atoms with Gasteiger partial charge in [-0.05, 0) is 39.9 Å². The number of nitrogens with one attached hydrogen (secondary N) is 1. The first-order valence-corrected chi connectivity index (χ1v) is 4.85. The molecule has 0 spiro atoms. The van der Waals surface area contributed by atoms with Crippen LogP contribution in [-0.2, 0) is 4.79 Å². The minimum atomic E-state index is 0.0594. The molecule has 2 unspecified atom stereocenters. The van der Waals surface area contributed by atoms with Crippen molar-refractivity contribution in [2.24, 2.45) is 5.92 Å². The van der Waals surface area contributed by atoms with E-state index >= 15 is 0 Å². The molecule has 0 saturated heterocycles. The molecular formula is C10H22N2O. The zero-order valence-corrected chi connectivity index (χ0v) is 9.42. The van der Waals surface area contributed by atoms with Gasteiger partial charge in [-0.1, -0.05) is 6.92 Å². The molecule has 0 aliphatic carbocycles. The van der Waals surface area contributed by atoms with E-state index in [-0.39, 0.29) is 11.9 Å². The number of nitrogens with zero attached hydrogens (tertiary/aromatic N) is 1. The molecule has 0 rings (SSSR count). The van der Waals surface area contributed by atoms with Crippen molar-refractivity contribution in [3.05, 3.63) is 0 Å². The van der Waals surface area contributed by atoms with Gasteiger partial charge in [-0.25, -0.2) is 0 Å². The molecule has 0 aromatic heterocycles. The molecule has 0 radical (unpaired) electrons. The molecule has 0 heterocycles. The molecule has 2 atom stereocenters. The van der Waals surface area contributed by atoms with E-state index in [4.69, 9.17) is 0 Å². The fraction of sp³-hybridized carbons (Fsp3) is 0.900. The Balaban J connectivity index is 3.68. The van der Waals surface area contributed by atoms with Gasteiger partial charge in [0, 0.05) is 13.0 Å². The number of rotatable bonds is 5. The summed E-state index contributed by atoms with van der Waals surface area (Å²) in [6, 6.07) is 0.275. The molecule has 0 aromatic rings. The van der Waals surface area contributed by atoms with Crippen molar-refractivity contribution in [2.75, 3.05) is 20.6 Å². The van der Waals surface area contributed by atoms with Crippen LogP contribution >= 0.6 is 0 Å². The molecule has 13 heavy (non-hydrogen) atoms. The molecule has 0 aromatic carbocycles. The second kappa shape index (κ2) is 5.97. The minimum absolute atomic E-state index is 0.0594. The Morgan fingerprint density at radius 3 is 2.31 bits per heavy atom. The van der Waals surface area contributed by atoms with Crippen LogP contribution in [0.2, 0.25) is 0 Å². The summed E-state index contributed by atoms with van der Waals surface area (Å²) in [4.78, 5) is 12.9. The van der Waals surface area contributed by atoms with Crippen molar-refractivity contribution in [1.82, 2.24) is 10.2 Å². The topological polar surface area (TPSA) is 32.3 Å². The number of hydrogen-bond acceptors (Lipinski definition) is 2. The van der Waals surface area contributed by atoms with Crippen LogP contribution in [0.5, 0.6) is 0 Å². The Hall–Kier alpha value is -0.570. The fourth-order valence-corrected chi connectivity index (χ4v) is 1.17. The first-order valence-electron chi connectivity index (χ1n) is 4.85. The zero-order chi connectivity index (χ0) is 10.4. The Labute approximate surface area is 81.5 Å². The summed E-state index contributed by atoms with van der Waals surface area (Å²) >= 11 is 0. The van der Waals surface area contributed by atoms with Gasteiger partial charge in [-0.3, -0.25) is 4.79 Å². The SMILES string of the molecule is CC(=O)NC(C)C(C)CCN(C)C. The van der Waals surface area contributed by atoms with Crippen molar-refractivity contribution < 1.29 is 4.79 Å². The summed E-state index contributed by atoms with van der Waals surface area (Å²) in [7, 11) is 4.13.